The molecule has 0 radical (unpaired) electrons. The van der Waals surface area contributed by atoms with Gasteiger partial charge < -0.3 is 9.64 Å². The van der Waals surface area contributed by atoms with Crippen molar-refractivity contribution < 1.29 is 9.53 Å². The summed E-state index contributed by atoms with van der Waals surface area (Å²) in [5, 5.41) is 0.915. The number of methoxy groups -OCH3 is 1. The van der Waals surface area contributed by atoms with Gasteiger partial charge in [-0.15, -0.1) is 0 Å². The lowest BCUT2D eigenvalue weighted by molar-refractivity contribution is -0.132. The highest BCUT2D eigenvalue weighted by Gasteiger charge is 2.18. The summed E-state index contributed by atoms with van der Waals surface area (Å²) < 4.78 is 5.29. The van der Waals surface area contributed by atoms with E-state index >= 15 is 0 Å². The van der Waals surface area contributed by atoms with Gasteiger partial charge in [-0.1, -0.05) is 34.1 Å². The molecule has 3 nitrogen and oxygen atoms in total. The predicted molar refractivity (Wildman–Crippen MR) is 82.0 cm³/mol. The van der Waals surface area contributed by atoms with E-state index in [4.69, 9.17) is 4.74 Å². The Labute approximate surface area is 124 Å². The quantitative estimate of drug-likeness (QED) is 0.719. The molecule has 4 heteroatoms. The molecule has 0 aromatic heterocycles. The number of carbonyl (C=O) groups excluding carboxylic acids is 1. The minimum atomic E-state index is 0.153. The zero-order valence-corrected chi connectivity index (χ0v) is 13.4. The van der Waals surface area contributed by atoms with Crippen LogP contribution in [-0.4, -0.2) is 35.8 Å². The van der Waals surface area contributed by atoms with Crippen LogP contribution in [0.4, 0.5) is 0 Å². The number of nitrogens with zero attached hydrogens (tertiary/aromatic N) is 1. The highest BCUT2D eigenvalue weighted by Crippen LogP contribution is 2.19. The Hall–Kier alpha value is -1.03. The van der Waals surface area contributed by atoms with E-state index in [0.29, 0.717) is 6.42 Å². The molecule has 1 amide bonds. The molecule has 0 aliphatic rings. The largest absolute Gasteiger partial charge is 0.496 e. The molecule has 1 aromatic rings. The van der Waals surface area contributed by atoms with Gasteiger partial charge in [0, 0.05) is 23.5 Å². The van der Waals surface area contributed by atoms with Crippen molar-refractivity contribution >= 4 is 21.8 Å². The zero-order valence-electron chi connectivity index (χ0n) is 11.9. The van der Waals surface area contributed by atoms with Crippen LogP contribution in [0.1, 0.15) is 25.8 Å². The van der Waals surface area contributed by atoms with Crippen LogP contribution in [0.5, 0.6) is 5.75 Å². The normalized spacial score (nSPS) is 10.6. The molecule has 0 spiro atoms. The number of rotatable bonds is 7. The molecule has 0 bridgehead atoms. The van der Waals surface area contributed by atoms with Crippen molar-refractivity contribution in [1.29, 1.82) is 0 Å². The molecule has 0 heterocycles. The Bertz CT molecular complexity index is 407. The molecule has 106 valence electrons. The number of halogens is 1. The van der Waals surface area contributed by atoms with E-state index in [1.807, 2.05) is 43.0 Å². The summed E-state index contributed by atoms with van der Waals surface area (Å²) in [6, 6.07) is 7.91. The molecule has 0 saturated carbocycles. The average molecular weight is 328 g/mol. The molecule has 0 aliphatic heterocycles. The molecule has 0 fully saturated rings. The molecule has 0 unspecified atom stereocenters. The minimum Gasteiger partial charge on any atom is -0.496 e. The van der Waals surface area contributed by atoms with Crippen LogP contribution in [0.2, 0.25) is 0 Å². The molecule has 1 rings (SSSR count). The number of alkyl halides is 1. The summed E-state index contributed by atoms with van der Waals surface area (Å²) >= 11 is 3.41. The summed E-state index contributed by atoms with van der Waals surface area (Å²) in [6.45, 7) is 4.89. The Balaban J connectivity index is 2.75. The number of amides is 1. The van der Waals surface area contributed by atoms with Gasteiger partial charge in [-0.3, -0.25) is 4.79 Å². The van der Waals surface area contributed by atoms with Crippen molar-refractivity contribution in [2.75, 3.05) is 19.0 Å². The van der Waals surface area contributed by atoms with Gasteiger partial charge in [-0.2, -0.15) is 0 Å². The van der Waals surface area contributed by atoms with Crippen molar-refractivity contribution in [2.24, 2.45) is 0 Å². The molecule has 19 heavy (non-hydrogen) atoms. The van der Waals surface area contributed by atoms with E-state index in [1.54, 1.807) is 7.11 Å². The monoisotopic (exact) mass is 327 g/mol. The predicted octanol–water partition coefficient (Wildman–Crippen LogP) is 3.26. The first kappa shape index (κ1) is 16.0. The fourth-order valence-corrected chi connectivity index (χ4v) is 2.27. The van der Waals surface area contributed by atoms with Gasteiger partial charge >= 0.3 is 0 Å². The first-order chi connectivity index (χ1) is 9.10. The Morgan fingerprint density at radius 1 is 1.37 bits per heavy atom. The summed E-state index contributed by atoms with van der Waals surface area (Å²) in [7, 11) is 1.63. The van der Waals surface area contributed by atoms with Crippen LogP contribution in [0.15, 0.2) is 24.3 Å². The van der Waals surface area contributed by atoms with Crippen molar-refractivity contribution in [3.05, 3.63) is 29.8 Å². The highest BCUT2D eigenvalue weighted by atomic mass is 79.9. The third-order valence-electron chi connectivity index (χ3n) is 3.01. The number of hydrogen-bond donors (Lipinski definition) is 0. The van der Waals surface area contributed by atoms with Crippen molar-refractivity contribution in [1.82, 2.24) is 4.90 Å². The second kappa shape index (κ2) is 8.20. The van der Waals surface area contributed by atoms with Gasteiger partial charge in [0.2, 0.25) is 5.91 Å². The lowest BCUT2D eigenvalue weighted by atomic mass is 10.1. The standard InChI is InChI=1S/C15H22BrNO2/c1-12(2)17(10-6-9-16)15(18)11-13-7-4-5-8-14(13)19-3/h4-5,7-8,12H,6,9-11H2,1-3H3. The number of hydrogen-bond acceptors (Lipinski definition) is 2. The number of benzene rings is 1. The fourth-order valence-electron chi connectivity index (χ4n) is 2.01. The number of ether oxygens (including phenoxy) is 1. The SMILES string of the molecule is COc1ccccc1CC(=O)N(CCCBr)C(C)C. The fraction of sp³-hybridized carbons (Fsp3) is 0.533. The third kappa shape index (κ3) is 4.86. The average Bonchev–Trinajstić information content (AvgIpc) is 2.39. The lowest BCUT2D eigenvalue weighted by Crippen LogP contribution is -2.38. The summed E-state index contributed by atoms with van der Waals surface area (Å²) in [4.78, 5) is 14.3. The van der Waals surface area contributed by atoms with Gasteiger partial charge in [0.1, 0.15) is 5.75 Å². The smallest absolute Gasteiger partial charge is 0.227 e. The van der Waals surface area contributed by atoms with E-state index in [-0.39, 0.29) is 11.9 Å². The van der Waals surface area contributed by atoms with Crippen molar-refractivity contribution in [2.45, 2.75) is 32.7 Å². The molecule has 0 aliphatic carbocycles. The first-order valence-electron chi connectivity index (χ1n) is 6.57. The number of para-hydroxylation sites is 1. The van der Waals surface area contributed by atoms with Crippen LogP contribution < -0.4 is 4.74 Å². The number of carbonyl (C=O) groups is 1. The maximum absolute atomic E-state index is 12.4. The third-order valence-corrected chi connectivity index (χ3v) is 3.57. The van der Waals surface area contributed by atoms with E-state index < -0.39 is 0 Å². The second-order valence-electron chi connectivity index (χ2n) is 4.71. The second-order valence-corrected chi connectivity index (χ2v) is 5.51. The van der Waals surface area contributed by atoms with Crippen LogP contribution >= 0.6 is 15.9 Å². The summed E-state index contributed by atoms with van der Waals surface area (Å²) in [5.41, 5.74) is 0.944. The highest BCUT2D eigenvalue weighted by molar-refractivity contribution is 9.09. The maximum Gasteiger partial charge on any atom is 0.227 e. The lowest BCUT2D eigenvalue weighted by Gasteiger charge is -2.27. The summed E-state index contributed by atoms with van der Waals surface area (Å²) in [5.74, 6) is 0.931. The minimum absolute atomic E-state index is 0.153. The Kier molecular flexibility index (Phi) is 6.92. The molecule has 0 atom stereocenters. The van der Waals surface area contributed by atoms with Crippen molar-refractivity contribution in [3.8, 4) is 5.75 Å². The summed E-state index contributed by atoms with van der Waals surface area (Å²) in [6.07, 6.45) is 1.36. The first-order valence-corrected chi connectivity index (χ1v) is 7.69. The van der Waals surface area contributed by atoms with Gasteiger partial charge in [-0.05, 0) is 26.3 Å². The van der Waals surface area contributed by atoms with Crippen LogP contribution in [0.25, 0.3) is 0 Å². The van der Waals surface area contributed by atoms with Crippen LogP contribution in [0.3, 0.4) is 0 Å². The van der Waals surface area contributed by atoms with E-state index in [1.165, 1.54) is 0 Å². The van der Waals surface area contributed by atoms with Gasteiger partial charge in [-0.25, -0.2) is 0 Å². The van der Waals surface area contributed by atoms with E-state index in [2.05, 4.69) is 15.9 Å². The van der Waals surface area contributed by atoms with Crippen molar-refractivity contribution in [3.63, 3.8) is 0 Å². The maximum atomic E-state index is 12.4. The Morgan fingerprint density at radius 2 is 2.05 bits per heavy atom. The van der Waals surface area contributed by atoms with Crippen LogP contribution in [-0.2, 0) is 11.2 Å². The Morgan fingerprint density at radius 3 is 2.63 bits per heavy atom. The van der Waals surface area contributed by atoms with E-state index in [9.17, 15) is 4.79 Å². The molecular formula is C15H22BrNO2. The van der Waals surface area contributed by atoms with Gasteiger partial charge in [0.25, 0.3) is 0 Å². The van der Waals surface area contributed by atoms with E-state index in [0.717, 1.165) is 29.6 Å². The topological polar surface area (TPSA) is 29.5 Å². The van der Waals surface area contributed by atoms with Gasteiger partial charge in [0.05, 0.1) is 13.5 Å². The molecular weight excluding hydrogens is 306 g/mol. The van der Waals surface area contributed by atoms with Crippen LogP contribution in [0, 0.1) is 0 Å². The zero-order chi connectivity index (χ0) is 14.3. The molecule has 1 aromatic carbocycles. The van der Waals surface area contributed by atoms with Gasteiger partial charge in [0.15, 0.2) is 0 Å². The molecule has 0 N–H and O–H groups in total. The molecule has 0 saturated heterocycles.